The van der Waals surface area contributed by atoms with Gasteiger partial charge in [0.1, 0.15) is 0 Å². The molecule has 0 aliphatic heterocycles. The summed E-state index contributed by atoms with van der Waals surface area (Å²) in [6.07, 6.45) is -4.49. The Balaban J connectivity index is 2.47. The summed E-state index contributed by atoms with van der Waals surface area (Å²) < 4.78 is 37.2. The second kappa shape index (κ2) is 7.61. The van der Waals surface area contributed by atoms with Crippen molar-refractivity contribution in [2.75, 3.05) is 13.1 Å². The molecule has 0 saturated carbocycles. The predicted molar refractivity (Wildman–Crippen MR) is 73.6 cm³/mol. The number of carbonyl (C=O) groups excluding carboxylic acids is 2. The lowest BCUT2D eigenvalue weighted by Gasteiger charge is -2.10. The standard InChI is InChI=1S/C14H15F3N2O4/c1-8(13(22)23)6-18-11(20)7-19-12(21)9-2-4-10(5-3-9)14(15,16)17/h2-5,8H,6-7H2,1H3,(H,18,20)(H,19,21)(H,22,23). The Morgan fingerprint density at radius 1 is 1.13 bits per heavy atom. The van der Waals surface area contributed by atoms with Crippen molar-refractivity contribution < 1.29 is 32.7 Å². The van der Waals surface area contributed by atoms with Gasteiger partial charge in [0, 0.05) is 12.1 Å². The molecule has 2 amide bonds. The van der Waals surface area contributed by atoms with Gasteiger partial charge in [0.05, 0.1) is 18.0 Å². The molecule has 3 N–H and O–H groups in total. The van der Waals surface area contributed by atoms with Gasteiger partial charge in [-0.3, -0.25) is 14.4 Å². The molecule has 0 heterocycles. The fraction of sp³-hybridized carbons (Fsp3) is 0.357. The van der Waals surface area contributed by atoms with Gasteiger partial charge in [-0.1, -0.05) is 6.92 Å². The summed E-state index contributed by atoms with van der Waals surface area (Å²) in [5, 5.41) is 13.2. The maximum absolute atomic E-state index is 12.4. The van der Waals surface area contributed by atoms with Crippen LogP contribution in [0.25, 0.3) is 0 Å². The normalized spacial score (nSPS) is 12.3. The average molecular weight is 332 g/mol. The van der Waals surface area contributed by atoms with Crippen molar-refractivity contribution in [3.05, 3.63) is 35.4 Å². The predicted octanol–water partition coefficient (Wildman–Crippen LogP) is 1.27. The van der Waals surface area contributed by atoms with Crippen molar-refractivity contribution in [3.63, 3.8) is 0 Å². The van der Waals surface area contributed by atoms with E-state index in [0.29, 0.717) is 0 Å². The van der Waals surface area contributed by atoms with Crippen LogP contribution in [0.15, 0.2) is 24.3 Å². The third kappa shape index (κ3) is 5.97. The first-order valence-electron chi connectivity index (χ1n) is 6.56. The molecule has 1 aromatic carbocycles. The molecule has 0 aromatic heterocycles. The van der Waals surface area contributed by atoms with Crippen molar-refractivity contribution in [2.24, 2.45) is 5.92 Å². The molecule has 0 saturated heterocycles. The number of hydrogen-bond acceptors (Lipinski definition) is 3. The monoisotopic (exact) mass is 332 g/mol. The first-order valence-corrected chi connectivity index (χ1v) is 6.56. The number of amides is 2. The molecular formula is C14H15F3N2O4. The number of nitrogens with one attached hydrogen (secondary N) is 2. The first-order chi connectivity index (χ1) is 10.6. The van der Waals surface area contributed by atoms with Gasteiger partial charge in [0.25, 0.3) is 5.91 Å². The lowest BCUT2D eigenvalue weighted by molar-refractivity contribution is -0.141. The van der Waals surface area contributed by atoms with Gasteiger partial charge >= 0.3 is 12.1 Å². The van der Waals surface area contributed by atoms with Crippen LogP contribution in [0.1, 0.15) is 22.8 Å². The van der Waals surface area contributed by atoms with E-state index in [2.05, 4.69) is 10.6 Å². The Labute approximate surface area is 129 Å². The van der Waals surface area contributed by atoms with E-state index in [4.69, 9.17) is 5.11 Å². The number of rotatable bonds is 6. The van der Waals surface area contributed by atoms with E-state index in [0.717, 1.165) is 24.3 Å². The van der Waals surface area contributed by atoms with E-state index < -0.39 is 42.0 Å². The molecule has 1 rings (SSSR count). The summed E-state index contributed by atoms with van der Waals surface area (Å²) in [6.45, 7) is 0.903. The molecule has 1 aromatic rings. The molecule has 6 nitrogen and oxygen atoms in total. The molecule has 0 radical (unpaired) electrons. The number of carboxylic acids is 1. The number of carboxylic acid groups (broad SMARTS) is 1. The van der Waals surface area contributed by atoms with Crippen molar-refractivity contribution in [1.82, 2.24) is 10.6 Å². The van der Waals surface area contributed by atoms with Gasteiger partial charge < -0.3 is 15.7 Å². The molecule has 126 valence electrons. The first kappa shape index (κ1) is 18.5. The average Bonchev–Trinajstić information content (AvgIpc) is 2.49. The Morgan fingerprint density at radius 3 is 2.17 bits per heavy atom. The van der Waals surface area contributed by atoms with E-state index in [-0.39, 0.29) is 12.1 Å². The maximum Gasteiger partial charge on any atom is 0.416 e. The molecule has 9 heteroatoms. The molecule has 0 aliphatic carbocycles. The topological polar surface area (TPSA) is 95.5 Å². The highest BCUT2D eigenvalue weighted by molar-refractivity contribution is 5.96. The maximum atomic E-state index is 12.4. The largest absolute Gasteiger partial charge is 0.481 e. The highest BCUT2D eigenvalue weighted by atomic mass is 19.4. The summed E-state index contributed by atoms with van der Waals surface area (Å²) in [6, 6.07) is 3.54. The summed E-state index contributed by atoms with van der Waals surface area (Å²) in [4.78, 5) is 33.7. The van der Waals surface area contributed by atoms with E-state index in [1.807, 2.05) is 0 Å². The summed E-state index contributed by atoms with van der Waals surface area (Å²) in [5.74, 6) is -3.15. The summed E-state index contributed by atoms with van der Waals surface area (Å²) >= 11 is 0. The molecule has 0 fully saturated rings. The Hall–Kier alpha value is -2.58. The Morgan fingerprint density at radius 2 is 1.70 bits per heavy atom. The molecule has 1 atom stereocenters. The number of aliphatic carboxylic acids is 1. The molecule has 23 heavy (non-hydrogen) atoms. The zero-order valence-electron chi connectivity index (χ0n) is 12.1. The van der Waals surface area contributed by atoms with Crippen LogP contribution >= 0.6 is 0 Å². The number of hydrogen-bond donors (Lipinski definition) is 3. The van der Waals surface area contributed by atoms with Gasteiger partial charge in [-0.15, -0.1) is 0 Å². The van der Waals surface area contributed by atoms with Crippen LogP contribution < -0.4 is 10.6 Å². The minimum absolute atomic E-state index is 0.0234. The zero-order chi connectivity index (χ0) is 17.6. The fourth-order valence-electron chi connectivity index (χ4n) is 1.49. The summed E-state index contributed by atoms with van der Waals surface area (Å²) in [5.41, 5.74) is -0.904. The Bertz CT molecular complexity index is 585. The van der Waals surface area contributed by atoms with Crippen LogP contribution in [0.3, 0.4) is 0 Å². The smallest absolute Gasteiger partial charge is 0.416 e. The lowest BCUT2D eigenvalue weighted by Crippen LogP contribution is -2.39. The molecular weight excluding hydrogens is 317 g/mol. The van der Waals surface area contributed by atoms with Gasteiger partial charge in [0.2, 0.25) is 5.91 Å². The van der Waals surface area contributed by atoms with Crippen LogP contribution in [-0.2, 0) is 15.8 Å². The fourth-order valence-corrected chi connectivity index (χ4v) is 1.49. The van der Waals surface area contributed by atoms with Crippen LogP contribution in [-0.4, -0.2) is 36.0 Å². The minimum Gasteiger partial charge on any atom is -0.481 e. The van der Waals surface area contributed by atoms with Gasteiger partial charge in [0.15, 0.2) is 0 Å². The van der Waals surface area contributed by atoms with Gasteiger partial charge in [-0.05, 0) is 24.3 Å². The second-order valence-corrected chi connectivity index (χ2v) is 4.80. The van der Waals surface area contributed by atoms with E-state index >= 15 is 0 Å². The molecule has 0 spiro atoms. The molecule has 1 unspecified atom stereocenters. The minimum atomic E-state index is -4.49. The lowest BCUT2D eigenvalue weighted by atomic mass is 10.1. The van der Waals surface area contributed by atoms with E-state index in [1.165, 1.54) is 6.92 Å². The van der Waals surface area contributed by atoms with Crippen LogP contribution in [0.4, 0.5) is 13.2 Å². The summed E-state index contributed by atoms with van der Waals surface area (Å²) in [7, 11) is 0. The number of alkyl halides is 3. The second-order valence-electron chi connectivity index (χ2n) is 4.80. The highest BCUT2D eigenvalue weighted by Gasteiger charge is 2.30. The van der Waals surface area contributed by atoms with E-state index in [1.54, 1.807) is 0 Å². The number of benzene rings is 1. The molecule has 0 aliphatic rings. The van der Waals surface area contributed by atoms with Crippen LogP contribution in [0, 0.1) is 5.92 Å². The van der Waals surface area contributed by atoms with E-state index in [9.17, 15) is 27.6 Å². The zero-order valence-corrected chi connectivity index (χ0v) is 12.1. The third-order valence-electron chi connectivity index (χ3n) is 2.91. The quantitative estimate of drug-likeness (QED) is 0.731. The van der Waals surface area contributed by atoms with Crippen molar-refractivity contribution >= 4 is 17.8 Å². The SMILES string of the molecule is CC(CNC(=O)CNC(=O)c1ccc(C(F)(F)F)cc1)C(=O)O. The van der Waals surface area contributed by atoms with Crippen LogP contribution in [0.5, 0.6) is 0 Å². The molecule has 0 bridgehead atoms. The van der Waals surface area contributed by atoms with Gasteiger partial charge in [-0.2, -0.15) is 13.2 Å². The highest BCUT2D eigenvalue weighted by Crippen LogP contribution is 2.28. The third-order valence-corrected chi connectivity index (χ3v) is 2.91. The Kier molecular flexibility index (Phi) is 6.11. The van der Waals surface area contributed by atoms with Gasteiger partial charge in [-0.25, -0.2) is 0 Å². The van der Waals surface area contributed by atoms with Crippen molar-refractivity contribution in [2.45, 2.75) is 13.1 Å². The van der Waals surface area contributed by atoms with Crippen molar-refractivity contribution in [3.8, 4) is 0 Å². The number of halogens is 3. The van der Waals surface area contributed by atoms with Crippen molar-refractivity contribution in [1.29, 1.82) is 0 Å². The van der Waals surface area contributed by atoms with Crippen LogP contribution in [0.2, 0.25) is 0 Å². The number of carbonyl (C=O) groups is 3.